The number of aliphatic hydroxyl groups excluding tert-OH is 1. The lowest BCUT2D eigenvalue weighted by Crippen LogP contribution is -2.59. The van der Waals surface area contributed by atoms with Crippen LogP contribution in [0.15, 0.2) is 12.5 Å². The number of hydrogen-bond acceptors (Lipinski definition) is 8. The minimum atomic E-state index is -1.50. The molecule has 1 aromatic rings. The molecule has 1 heterocycles. The average Bonchev–Trinajstić information content (AvgIpc) is 3.19. The molecule has 1 rings (SSSR count). The Labute approximate surface area is 178 Å². The van der Waals surface area contributed by atoms with Crippen LogP contribution >= 0.6 is 12.6 Å². The maximum atomic E-state index is 12.6. The van der Waals surface area contributed by atoms with Crippen LogP contribution in [-0.2, 0) is 25.6 Å². The lowest BCUT2D eigenvalue weighted by molar-refractivity contribution is -0.143. The number of H-pyrrole nitrogens is 1. The van der Waals surface area contributed by atoms with Crippen LogP contribution in [0.25, 0.3) is 0 Å². The molecule has 8 N–H and O–H groups in total. The predicted octanol–water partition coefficient (Wildman–Crippen LogP) is -2.60. The molecule has 12 nitrogen and oxygen atoms in total. The van der Waals surface area contributed by atoms with Gasteiger partial charge >= 0.3 is 5.97 Å². The SMILES string of the molecule is CC(C)C(NC(=O)C(CS)NC(=O)C(N)Cc1cnc[nH]1)C(=O)NC(CO)C(=O)O. The van der Waals surface area contributed by atoms with Gasteiger partial charge in [-0.1, -0.05) is 13.8 Å². The van der Waals surface area contributed by atoms with Crippen LogP contribution in [0, 0.1) is 5.92 Å². The van der Waals surface area contributed by atoms with Crippen LogP contribution in [0.4, 0.5) is 0 Å². The summed E-state index contributed by atoms with van der Waals surface area (Å²) >= 11 is 4.07. The molecule has 4 unspecified atom stereocenters. The predicted molar refractivity (Wildman–Crippen MR) is 109 cm³/mol. The maximum absolute atomic E-state index is 12.6. The van der Waals surface area contributed by atoms with Crippen molar-refractivity contribution in [2.24, 2.45) is 11.7 Å². The first-order valence-corrected chi connectivity index (χ1v) is 9.82. The van der Waals surface area contributed by atoms with Crippen LogP contribution < -0.4 is 21.7 Å². The molecule has 0 radical (unpaired) electrons. The monoisotopic (exact) mass is 444 g/mol. The largest absolute Gasteiger partial charge is 0.480 e. The second-order valence-corrected chi connectivity index (χ2v) is 7.31. The van der Waals surface area contributed by atoms with E-state index in [0.29, 0.717) is 5.69 Å². The molecule has 0 saturated carbocycles. The first-order valence-electron chi connectivity index (χ1n) is 9.19. The summed E-state index contributed by atoms with van der Waals surface area (Å²) in [4.78, 5) is 54.9. The van der Waals surface area contributed by atoms with Gasteiger partial charge in [0, 0.05) is 24.1 Å². The molecule has 0 bridgehead atoms. The molecule has 0 aromatic carbocycles. The van der Waals surface area contributed by atoms with Crippen LogP contribution in [0.1, 0.15) is 19.5 Å². The first-order chi connectivity index (χ1) is 14.1. The first kappa shape index (κ1) is 25.4. The number of aromatic amines is 1. The number of carboxylic acid groups (broad SMARTS) is 1. The Balaban J connectivity index is 2.74. The number of aliphatic hydroxyl groups is 1. The smallest absolute Gasteiger partial charge is 0.328 e. The molecule has 13 heteroatoms. The number of nitrogens with zero attached hydrogens (tertiary/aromatic N) is 1. The third-order valence-corrected chi connectivity index (χ3v) is 4.56. The summed E-state index contributed by atoms with van der Waals surface area (Å²) in [5.41, 5.74) is 6.50. The Kier molecular flexibility index (Phi) is 10.3. The van der Waals surface area contributed by atoms with Crippen molar-refractivity contribution in [1.82, 2.24) is 25.9 Å². The molecule has 0 aliphatic rings. The van der Waals surface area contributed by atoms with E-state index < -0.39 is 60.4 Å². The van der Waals surface area contributed by atoms with Gasteiger partial charge in [-0.25, -0.2) is 9.78 Å². The number of amides is 3. The van der Waals surface area contributed by atoms with E-state index >= 15 is 0 Å². The molecule has 0 spiro atoms. The van der Waals surface area contributed by atoms with Crippen LogP contribution in [0.3, 0.4) is 0 Å². The van der Waals surface area contributed by atoms with E-state index in [-0.39, 0.29) is 12.2 Å². The van der Waals surface area contributed by atoms with Gasteiger partial charge in [-0.2, -0.15) is 12.6 Å². The van der Waals surface area contributed by atoms with Crippen LogP contribution in [0.2, 0.25) is 0 Å². The third-order valence-electron chi connectivity index (χ3n) is 4.19. The standard InChI is InChI=1S/C17H28N6O6S/c1-8(2)13(16(27)21-11(5-24)17(28)29)23-15(26)12(6-30)22-14(25)10(18)3-9-4-19-7-20-9/h4,7-8,10-13,24,30H,3,5-6,18H2,1-2H3,(H,19,20)(H,21,27)(H,22,25)(H,23,26)(H,28,29). The summed E-state index contributed by atoms with van der Waals surface area (Å²) < 4.78 is 0. The molecule has 0 fully saturated rings. The Bertz CT molecular complexity index is 728. The van der Waals surface area contributed by atoms with E-state index in [2.05, 4.69) is 38.5 Å². The summed E-state index contributed by atoms with van der Waals surface area (Å²) in [6.07, 6.45) is 3.16. The van der Waals surface area contributed by atoms with Gasteiger partial charge in [-0.3, -0.25) is 14.4 Å². The second-order valence-electron chi connectivity index (χ2n) is 6.94. The van der Waals surface area contributed by atoms with Gasteiger partial charge < -0.3 is 36.9 Å². The highest BCUT2D eigenvalue weighted by Crippen LogP contribution is 2.05. The molecule has 168 valence electrons. The Morgan fingerprint density at radius 1 is 1.13 bits per heavy atom. The normalized spacial score (nSPS) is 15.0. The number of rotatable bonds is 12. The summed E-state index contributed by atoms with van der Waals surface area (Å²) in [7, 11) is 0. The molecule has 4 atom stereocenters. The van der Waals surface area contributed by atoms with Crippen molar-refractivity contribution in [3.05, 3.63) is 18.2 Å². The number of aromatic nitrogens is 2. The number of thiol groups is 1. The minimum Gasteiger partial charge on any atom is -0.480 e. The zero-order valence-corrected chi connectivity index (χ0v) is 17.6. The van der Waals surface area contributed by atoms with E-state index in [0.717, 1.165) is 0 Å². The Morgan fingerprint density at radius 3 is 2.23 bits per heavy atom. The van der Waals surface area contributed by atoms with Crippen molar-refractivity contribution >= 4 is 36.3 Å². The highest BCUT2D eigenvalue weighted by molar-refractivity contribution is 7.80. The third kappa shape index (κ3) is 7.65. The molecular weight excluding hydrogens is 416 g/mol. The quantitative estimate of drug-likeness (QED) is 0.160. The van der Waals surface area contributed by atoms with Gasteiger partial charge in [0.05, 0.1) is 19.0 Å². The highest BCUT2D eigenvalue weighted by Gasteiger charge is 2.31. The number of carbonyl (C=O) groups excluding carboxylic acids is 3. The lowest BCUT2D eigenvalue weighted by atomic mass is 10.0. The molecule has 3 amide bonds. The fraction of sp³-hybridized carbons (Fsp3) is 0.588. The van der Waals surface area contributed by atoms with Crippen LogP contribution in [0.5, 0.6) is 0 Å². The van der Waals surface area contributed by atoms with Crippen molar-refractivity contribution in [3.8, 4) is 0 Å². The van der Waals surface area contributed by atoms with Crippen molar-refractivity contribution < 1.29 is 29.4 Å². The van der Waals surface area contributed by atoms with E-state index in [4.69, 9.17) is 15.9 Å². The van der Waals surface area contributed by atoms with E-state index in [1.165, 1.54) is 12.5 Å². The van der Waals surface area contributed by atoms with Gasteiger partial charge in [-0.15, -0.1) is 0 Å². The highest BCUT2D eigenvalue weighted by atomic mass is 32.1. The summed E-state index contributed by atoms with van der Waals surface area (Å²) in [6, 6.07) is -4.61. The van der Waals surface area contributed by atoms with Crippen molar-refractivity contribution in [2.45, 2.75) is 44.4 Å². The number of carboxylic acids is 1. The van der Waals surface area contributed by atoms with Gasteiger partial charge in [0.15, 0.2) is 0 Å². The van der Waals surface area contributed by atoms with Gasteiger partial charge in [0.1, 0.15) is 18.1 Å². The number of imidazole rings is 1. The lowest BCUT2D eigenvalue weighted by Gasteiger charge is -2.26. The second kappa shape index (κ2) is 12.1. The van der Waals surface area contributed by atoms with Gasteiger partial charge in [0.25, 0.3) is 0 Å². The molecule has 0 saturated heterocycles. The Hall–Kier alpha value is -2.64. The summed E-state index contributed by atoms with van der Waals surface area (Å²) in [6.45, 7) is 2.49. The molecule has 0 aliphatic carbocycles. The van der Waals surface area contributed by atoms with Crippen molar-refractivity contribution in [1.29, 1.82) is 0 Å². The molecule has 1 aromatic heterocycles. The van der Waals surface area contributed by atoms with E-state index in [1.54, 1.807) is 13.8 Å². The maximum Gasteiger partial charge on any atom is 0.328 e. The topological polar surface area (TPSA) is 200 Å². The van der Waals surface area contributed by atoms with Crippen LogP contribution in [-0.4, -0.2) is 80.4 Å². The van der Waals surface area contributed by atoms with Gasteiger partial charge in [-0.05, 0) is 5.92 Å². The molecular formula is C17H28N6O6S. The van der Waals surface area contributed by atoms with E-state index in [9.17, 15) is 19.2 Å². The average molecular weight is 445 g/mol. The zero-order chi connectivity index (χ0) is 22.8. The number of hydrogen-bond donors (Lipinski definition) is 8. The molecule has 30 heavy (non-hydrogen) atoms. The zero-order valence-electron chi connectivity index (χ0n) is 16.7. The number of aliphatic carboxylic acids is 1. The number of carbonyl (C=O) groups is 4. The number of nitrogens with two attached hydrogens (primary N) is 1. The van der Waals surface area contributed by atoms with Crippen molar-refractivity contribution in [2.75, 3.05) is 12.4 Å². The summed E-state index contributed by atoms with van der Waals surface area (Å²) in [5.74, 6) is -3.92. The van der Waals surface area contributed by atoms with Gasteiger partial charge in [0.2, 0.25) is 17.7 Å². The van der Waals surface area contributed by atoms with Crippen molar-refractivity contribution in [3.63, 3.8) is 0 Å². The Morgan fingerprint density at radius 2 is 1.77 bits per heavy atom. The fourth-order valence-electron chi connectivity index (χ4n) is 2.43. The summed E-state index contributed by atoms with van der Waals surface area (Å²) in [5, 5.41) is 25.1. The van der Waals surface area contributed by atoms with E-state index in [1.807, 2.05) is 0 Å². The molecule has 0 aliphatic heterocycles. The fourth-order valence-corrected chi connectivity index (χ4v) is 2.69. The minimum absolute atomic E-state index is 0.0603. The number of nitrogens with one attached hydrogen (secondary N) is 4.